The lowest BCUT2D eigenvalue weighted by atomic mass is 10.2. The number of methoxy groups -OCH3 is 2. The van der Waals surface area contributed by atoms with E-state index in [1.54, 1.807) is 20.8 Å². The summed E-state index contributed by atoms with van der Waals surface area (Å²) in [6.07, 6.45) is -0.981. The van der Waals surface area contributed by atoms with Crippen molar-refractivity contribution in [3.63, 3.8) is 0 Å². The first-order valence-corrected chi connectivity index (χ1v) is 5.79. The summed E-state index contributed by atoms with van der Waals surface area (Å²) in [4.78, 5) is 11.6. The fourth-order valence-corrected chi connectivity index (χ4v) is 1.40. The maximum atomic E-state index is 14.0. The minimum atomic E-state index is -1.04. The zero-order chi connectivity index (χ0) is 15.5. The quantitative estimate of drug-likeness (QED) is 0.927. The highest BCUT2D eigenvalue weighted by atomic mass is 19.1. The first kappa shape index (κ1) is 16.0. The average molecular weight is 289 g/mol. The average Bonchev–Trinajstić information content (AvgIpc) is 2.33. The summed E-state index contributed by atoms with van der Waals surface area (Å²) in [5.41, 5.74) is -1.48. The molecular weight excluding hydrogens is 272 g/mol. The van der Waals surface area contributed by atoms with Gasteiger partial charge in [-0.3, -0.25) is 5.32 Å². The Morgan fingerprint density at radius 3 is 1.90 bits per heavy atom. The van der Waals surface area contributed by atoms with E-state index in [1.807, 2.05) is 5.32 Å². The predicted molar refractivity (Wildman–Crippen MR) is 69.3 cm³/mol. The van der Waals surface area contributed by atoms with Gasteiger partial charge in [0.2, 0.25) is 0 Å². The van der Waals surface area contributed by atoms with Gasteiger partial charge in [-0.05, 0) is 20.8 Å². The molecule has 112 valence electrons. The van der Waals surface area contributed by atoms with Crippen LogP contribution in [0.5, 0.6) is 11.5 Å². The number of ether oxygens (including phenoxy) is 3. The zero-order valence-corrected chi connectivity index (χ0v) is 12.0. The molecule has 0 aliphatic heterocycles. The molecule has 0 atom stereocenters. The smallest absolute Gasteiger partial charge is 0.412 e. The van der Waals surface area contributed by atoms with Crippen molar-refractivity contribution in [2.75, 3.05) is 19.5 Å². The van der Waals surface area contributed by atoms with Gasteiger partial charge < -0.3 is 14.2 Å². The largest absolute Gasteiger partial charge is 0.493 e. The minimum Gasteiger partial charge on any atom is -0.493 e. The number of amides is 1. The summed E-state index contributed by atoms with van der Waals surface area (Å²) in [5, 5.41) is 2.01. The Labute approximate surface area is 115 Å². The van der Waals surface area contributed by atoms with E-state index in [1.165, 1.54) is 14.2 Å². The van der Waals surface area contributed by atoms with E-state index in [4.69, 9.17) is 14.2 Å². The number of halogens is 2. The molecule has 0 unspecified atom stereocenters. The Hall–Kier alpha value is -2.05. The molecule has 0 aliphatic carbocycles. The molecule has 0 spiro atoms. The lowest BCUT2D eigenvalue weighted by Crippen LogP contribution is -2.28. The maximum absolute atomic E-state index is 14.0. The molecular formula is C13H17F2NO4. The lowest BCUT2D eigenvalue weighted by molar-refractivity contribution is 0.0634. The van der Waals surface area contributed by atoms with Gasteiger partial charge in [0.15, 0.2) is 23.1 Å². The van der Waals surface area contributed by atoms with Crippen molar-refractivity contribution in [1.82, 2.24) is 0 Å². The molecule has 1 rings (SSSR count). The van der Waals surface area contributed by atoms with Crippen LogP contribution in [0.1, 0.15) is 20.8 Å². The standard InChI is InChI=1S/C13H17F2NO4/c1-13(2,3)20-12(17)16-11-9(14)7(18-4)6-8(19-5)10(11)15/h6H,1-5H3,(H,16,17). The highest BCUT2D eigenvalue weighted by Gasteiger charge is 2.24. The van der Waals surface area contributed by atoms with E-state index in [-0.39, 0.29) is 11.5 Å². The highest BCUT2D eigenvalue weighted by Crippen LogP contribution is 2.34. The number of rotatable bonds is 3. The fourth-order valence-electron chi connectivity index (χ4n) is 1.40. The molecule has 1 aromatic carbocycles. The van der Waals surface area contributed by atoms with E-state index in [0.717, 1.165) is 6.07 Å². The molecule has 7 heteroatoms. The van der Waals surface area contributed by atoms with Crippen LogP contribution in [0.4, 0.5) is 19.3 Å². The molecule has 20 heavy (non-hydrogen) atoms. The van der Waals surface area contributed by atoms with Crippen molar-refractivity contribution in [3.05, 3.63) is 17.7 Å². The van der Waals surface area contributed by atoms with Crippen molar-refractivity contribution in [2.45, 2.75) is 26.4 Å². The Morgan fingerprint density at radius 1 is 1.10 bits per heavy atom. The van der Waals surface area contributed by atoms with Crippen LogP contribution in [0.25, 0.3) is 0 Å². The van der Waals surface area contributed by atoms with Crippen LogP contribution in [0, 0.1) is 11.6 Å². The molecule has 0 fully saturated rings. The van der Waals surface area contributed by atoms with Crippen molar-refractivity contribution in [1.29, 1.82) is 0 Å². The van der Waals surface area contributed by atoms with E-state index in [9.17, 15) is 13.6 Å². The van der Waals surface area contributed by atoms with Crippen LogP contribution in [0.15, 0.2) is 6.07 Å². The van der Waals surface area contributed by atoms with Crippen LogP contribution in [0.2, 0.25) is 0 Å². The van der Waals surface area contributed by atoms with Crippen LogP contribution >= 0.6 is 0 Å². The summed E-state index contributed by atoms with van der Waals surface area (Å²) in [6.45, 7) is 4.89. The monoisotopic (exact) mass is 289 g/mol. The van der Waals surface area contributed by atoms with Crippen LogP contribution in [-0.4, -0.2) is 25.9 Å². The topological polar surface area (TPSA) is 56.8 Å². The molecule has 0 aliphatic rings. The van der Waals surface area contributed by atoms with Gasteiger partial charge in [0.1, 0.15) is 11.3 Å². The Bertz CT molecular complexity index is 484. The molecule has 0 aromatic heterocycles. The van der Waals surface area contributed by atoms with Gasteiger partial charge in [0.05, 0.1) is 14.2 Å². The summed E-state index contributed by atoms with van der Waals surface area (Å²) in [6, 6.07) is 1.05. The second-order valence-electron chi connectivity index (χ2n) is 4.91. The summed E-state index contributed by atoms with van der Waals surface area (Å²) >= 11 is 0. The van der Waals surface area contributed by atoms with E-state index in [2.05, 4.69) is 0 Å². The molecule has 0 heterocycles. The first-order chi connectivity index (χ1) is 9.19. The van der Waals surface area contributed by atoms with Crippen molar-refractivity contribution in [3.8, 4) is 11.5 Å². The number of benzene rings is 1. The number of anilines is 1. The third kappa shape index (κ3) is 3.72. The van der Waals surface area contributed by atoms with Gasteiger partial charge in [0, 0.05) is 6.07 Å². The predicted octanol–water partition coefficient (Wildman–Crippen LogP) is 3.33. The second kappa shape index (κ2) is 5.94. The van der Waals surface area contributed by atoms with Gasteiger partial charge in [-0.25, -0.2) is 13.6 Å². The Kier molecular flexibility index (Phi) is 4.75. The van der Waals surface area contributed by atoms with Gasteiger partial charge in [-0.1, -0.05) is 0 Å². The van der Waals surface area contributed by atoms with Crippen LogP contribution in [-0.2, 0) is 4.74 Å². The van der Waals surface area contributed by atoms with Gasteiger partial charge in [0.25, 0.3) is 0 Å². The SMILES string of the molecule is COc1cc(OC)c(F)c(NC(=O)OC(C)(C)C)c1F. The molecule has 5 nitrogen and oxygen atoms in total. The fraction of sp³-hybridized carbons (Fsp3) is 0.462. The van der Waals surface area contributed by atoms with E-state index >= 15 is 0 Å². The normalized spacial score (nSPS) is 10.9. The Morgan fingerprint density at radius 2 is 1.55 bits per heavy atom. The number of carbonyl (C=O) groups excluding carboxylic acids is 1. The molecule has 1 N–H and O–H groups in total. The van der Waals surface area contributed by atoms with Gasteiger partial charge >= 0.3 is 6.09 Å². The van der Waals surface area contributed by atoms with E-state index < -0.39 is 29.0 Å². The zero-order valence-electron chi connectivity index (χ0n) is 12.0. The van der Waals surface area contributed by atoms with Crippen LogP contribution in [0.3, 0.4) is 0 Å². The van der Waals surface area contributed by atoms with Gasteiger partial charge in [-0.15, -0.1) is 0 Å². The number of carbonyl (C=O) groups is 1. The third-order valence-electron chi connectivity index (χ3n) is 2.20. The first-order valence-electron chi connectivity index (χ1n) is 5.79. The van der Waals surface area contributed by atoms with Crippen molar-refractivity contribution >= 4 is 11.8 Å². The number of hydrogen-bond donors (Lipinski definition) is 1. The maximum Gasteiger partial charge on any atom is 0.412 e. The second-order valence-corrected chi connectivity index (χ2v) is 4.91. The third-order valence-corrected chi connectivity index (χ3v) is 2.20. The molecule has 0 saturated heterocycles. The Balaban J connectivity index is 3.14. The van der Waals surface area contributed by atoms with Crippen molar-refractivity contribution in [2.24, 2.45) is 0 Å². The molecule has 0 radical (unpaired) electrons. The van der Waals surface area contributed by atoms with Crippen LogP contribution < -0.4 is 14.8 Å². The van der Waals surface area contributed by atoms with Gasteiger partial charge in [-0.2, -0.15) is 0 Å². The highest BCUT2D eigenvalue weighted by molar-refractivity contribution is 5.86. The molecule has 1 amide bonds. The summed E-state index contributed by atoms with van der Waals surface area (Å²) in [7, 11) is 2.43. The summed E-state index contributed by atoms with van der Waals surface area (Å²) < 4.78 is 42.3. The molecule has 0 bridgehead atoms. The minimum absolute atomic E-state index is 0.255. The summed E-state index contributed by atoms with van der Waals surface area (Å²) in [5.74, 6) is -2.60. The lowest BCUT2D eigenvalue weighted by Gasteiger charge is -2.20. The molecule has 1 aromatic rings. The van der Waals surface area contributed by atoms with Crippen molar-refractivity contribution < 1.29 is 27.8 Å². The number of hydrogen-bond acceptors (Lipinski definition) is 4. The number of nitrogens with one attached hydrogen (secondary N) is 1. The van der Waals surface area contributed by atoms with E-state index in [0.29, 0.717) is 0 Å². The molecule has 0 saturated carbocycles.